The Morgan fingerprint density at radius 3 is 2.44 bits per heavy atom. The third-order valence-electron chi connectivity index (χ3n) is 2.88. The standard InChI is InChI=1S/C15H14INO/c1-10-7-8-12(9-11(10)2)17-15(18)13-5-3-4-6-14(13)16/h3-9H,1-2H3,(H,17,18). The summed E-state index contributed by atoms with van der Waals surface area (Å²) >= 11 is 2.17. The van der Waals surface area contributed by atoms with Gasteiger partial charge in [0.05, 0.1) is 5.56 Å². The quantitative estimate of drug-likeness (QED) is 0.809. The lowest BCUT2D eigenvalue weighted by Gasteiger charge is -2.08. The number of aryl methyl sites for hydroxylation is 2. The third kappa shape index (κ3) is 2.90. The minimum absolute atomic E-state index is 0.0664. The van der Waals surface area contributed by atoms with Crippen molar-refractivity contribution >= 4 is 34.2 Å². The summed E-state index contributed by atoms with van der Waals surface area (Å²) < 4.78 is 0.955. The second-order valence-corrected chi connectivity index (χ2v) is 5.40. The minimum atomic E-state index is -0.0664. The van der Waals surface area contributed by atoms with Crippen molar-refractivity contribution in [2.24, 2.45) is 0 Å². The van der Waals surface area contributed by atoms with Gasteiger partial charge in [0, 0.05) is 9.26 Å². The zero-order valence-electron chi connectivity index (χ0n) is 10.3. The van der Waals surface area contributed by atoms with Crippen LogP contribution in [0.3, 0.4) is 0 Å². The van der Waals surface area contributed by atoms with E-state index in [-0.39, 0.29) is 5.91 Å². The molecule has 0 spiro atoms. The number of rotatable bonds is 2. The molecule has 18 heavy (non-hydrogen) atoms. The summed E-state index contributed by atoms with van der Waals surface area (Å²) in [5.74, 6) is -0.0664. The van der Waals surface area contributed by atoms with Crippen molar-refractivity contribution in [1.82, 2.24) is 0 Å². The molecule has 0 bridgehead atoms. The van der Waals surface area contributed by atoms with Gasteiger partial charge in [-0.3, -0.25) is 4.79 Å². The third-order valence-corrected chi connectivity index (χ3v) is 3.82. The average molecular weight is 351 g/mol. The molecule has 0 heterocycles. The van der Waals surface area contributed by atoms with Crippen LogP contribution in [0.1, 0.15) is 21.5 Å². The van der Waals surface area contributed by atoms with Gasteiger partial charge in [-0.15, -0.1) is 0 Å². The van der Waals surface area contributed by atoms with Crippen molar-refractivity contribution in [3.63, 3.8) is 0 Å². The van der Waals surface area contributed by atoms with Gasteiger partial charge in [-0.1, -0.05) is 18.2 Å². The van der Waals surface area contributed by atoms with E-state index in [1.165, 1.54) is 11.1 Å². The van der Waals surface area contributed by atoms with Gasteiger partial charge in [0.15, 0.2) is 0 Å². The summed E-state index contributed by atoms with van der Waals surface area (Å²) in [6.45, 7) is 4.10. The highest BCUT2D eigenvalue weighted by atomic mass is 127. The Kier molecular flexibility index (Phi) is 4.01. The van der Waals surface area contributed by atoms with Gasteiger partial charge < -0.3 is 5.32 Å². The van der Waals surface area contributed by atoms with Crippen LogP contribution in [0.15, 0.2) is 42.5 Å². The lowest BCUT2D eigenvalue weighted by atomic mass is 10.1. The predicted octanol–water partition coefficient (Wildman–Crippen LogP) is 4.16. The maximum absolute atomic E-state index is 12.1. The number of amides is 1. The molecule has 2 aromatic carbocycles. The molecule has 0 aliphatic heterocycles. The number of halogens is 1. The van der Waals surface area contributed by atoms with E-state index in [4.69, 9.17) is 0 Å². The van der Waals surface area contributed by atoms with Crippen molar-refractivity contribution in [3.8, 4) is 0 Å². The Hall–Kier alpha value is -1.36. The molecule has 3 heteroatoms. The number of nitrogens with one attached hydrogen (secondary N) is 1. The van der Waals surface area contributed by atoms with Crippen LogP contribution in [0, 0.1) is 17.4 Å². The number of benzene rings is 2. The van der Waals surface area contributed by atoms with Crippen molar-refractivity contribution in [2.75, 3.05) is 5.32 Å². The second kappa shape index (κ2) is 5.52. The number of hydrogen-bond acceptors (Lipinski definition) is 1. The van der Waals surface area contributed by atoms with Crippen molar-refractivity contribution < 1.29 is 4.79 Å². The van der Waals surface area contributed by atoms with Crippen LogP contribution in [0.4, 0.5) is 5.69 Å². The maximum Gasteiger partial charge on any atom is 0.256 e. The lowest BCUT2D eigenvalue weighted by Crippen LogP contribution is -2.13. The Morgan fingerprint density at radius 1 is 1.06 bits per heavy atom. The molecule has 0 aromatic heterocycles. The van der Waals surface area contributed by atoms with Crippen LogP contribution in [-0.4, -0.2) is 5.91 Å². The highest BCUT2D eigenvalue weighted by molar-refractivity contribution is 14.1. The van der Waals surface area contributed by atoms with Gasteiger partial charge in [-0.05, 0) is 71.8 Å². The van der Waals surface area contributed by atoms with E-state index >= 15 is 0 Å². The summed E-state index contributed by atoms with van der Waals surface area (Å²) in [6, 6.07) is 13.5. The first kappa shape index (κ1) is 13.1. The Bertz CT molecular complexity index is 593. The summed E-state index contributed by atoms with van der Waals surface area (Å²) in [7, 11) is 0. The molecule has 2 nitrogen and oxygen atoms in total. The van der Waals surface area contributed by atoms with Gasteiger partial charge >= 0.3 is 0 Å². The van der Waals surface area contributed by atoms with E-state index in [2.05, 4.69) is 34.8 Å². The normalized spacial score (nSPS) is 10.2. The molecule has 0 radical (unpaired) electrons. The average Bonchev–Trinajstić information content (AvgIpc) is 2.34. The zero-order valence-corrected chi connectivity index (χ0v) is 12.5. The summed E-state index contributed by atoms with van der Waals surface area (Å²) in [6.07, 6.45) is 0. The molecule has 1 amide bonds. The molecular formula is C15H14INO. The molecule has 2 aromatic rings. The first-order valence-electron chi connectivity index (χ1n) is 5.71. The van der Waals surface area contributed by atoms with Crippen LogP contribution in [-0.2, 0) is 0 Å². The fraction of sp³-hybridized carbons (Fsp3) is 0.133. The second-order valence-electron chi connectivity index (χ2n) is 4.23. The van der Waals surface area contributed by atoms with Crippen molar-refractivity contribution in [3.05, 3.63) is 62.7 Å². The maximum atomic E-state index is 12.1. The molecule has 0 unspecified atom stereocenters. The van der Waals surface area contributed by atoms with Crippen LogP contribution in [0.2, 0.25) is 0 Å². The minimum Gasteiger partial charge on any atom is -0.322 e. The number of carbonyl (C=O) groups is 1. The smallest absolute Gasteiger partial charge is 0.256 e. The molecule has 0 saturated carbocycles. The van der Waals surface area contributed by atoms with Crippen LogP contribution >= 0.6 is 22.6 Å². The monoisotopic (exact) mass is 351 g/mol. The molecular weight excluding hydrogens is 337 g/mol. The van der Waals surface area contributed by atoms with Gasteiger partial charge in [0.2, 0.25) is 0 Å². The summed E-state index contributed by atoms with van der Waals surface area (Å²) in [5.41, 5.74) is 3.94. The first-order chi connectivity index (χ1) is 8.58. The molecule has 0 fully saturated rings. The molecule has 92 valence electrons. The van der Waals surface area contributed by atoms with E-state index in [0.717, 1.165) is 9.26 Å². The van der Waals surface area contributed by atoms with Crippen molar-refractivity contribution in [2.45, 2.75) is 13.8 Å². The van der Waals surface area contributed by atoms with Gasteiger partial charge in [0.1, 0.15) is 0 Å². The predicted molar refractivity (Wildman–Crippen MR) is 83.0 cm³/mol. The molecule has 0 atom stereocenters. The SMILES string of the molecule is Cc1ccc(NC(=O)c2ccccc2I)cc1C. The molecule has 0 aliphatic carbocycles. The van der Waals surface area contributed by atoms with Gasteiger partial charge in [-0.2, -0.15) is 0 Å². The summed E-state index contributed by atoms with van der Waals surface area (Å²) in [4.78, 5) is 12.1. The molecule has 2 rings (SSSR count). The van der Waals surface area contributed by atoms with Gasteiger partial charge in [0.25, 0.3) is 5.91 Å². The Balaban J connectivity index is 2.22. The first-order valence-corrected chi connectivity index (χ1v) is 6.79. The van der Waals surface area contributed by atoms with E-state index in [1.54, 1.807) is 0 Å². The lowest BCUT2D eigenvalue weighted by molar-refractivity contribution is 0.102. The number of carbonyl (C=O) groups excluding carboxylic acids is 1. The van der Waals surface area contributed by atoms with E-state index in [9.17, 15) is 4.79 Å². The number of anilines is 1. The number of hydrogen-bond donors (Lipinski definition) is 1. The van der Waals surface area contributed by atoms with Crippen LogP contribution in [0.5, 0.6) is 0 Å². The van der Waals surface area contributed by atoms with E-state index < -0.39 is 0 Å². The van der Waals surface area contributed by atoms with E-state index in [0.29, 0.717) is 5.56 Å². The largest absolute Gasteiger partial charge is 0.322 e. The van der Waals surface area contributed by atoms with Crippen molar-refractivity contribution in [1.29, 1.82) is 0 Å². The fourth-order valence-corrected chi connectivity index (χ4v) is 2.30. The topological polar surface area (TPSA) is 29.1 Å². The molecule has 0 saturated heterocycles. The van der Waals surface area contributed by atoms with Crippen LogP contribution < -0.4 is 5.32 Å². The van der Waals surface area contributed by atoms with Gasteiger partial charge in [-0.25, -0.2) is 0 Å². The Labute approximate surface area is 121 Å². The zero-order chi connectivity index (χ0) is 13.1. The Morgan fingerprint density at radius 2 is 1.78 bits per heavy atom. The molecule has 1 N–H and O–H groups in total. The highest BCUT2D eigenvalue weighted by Crippen LogP contribution is 2.17. The fourth-order valence-electron chi connectivity index (χ4n) is 1.66. The van der Waals surface area contributed by atoms with Crippen LogP contribution in [0.25, 0.3) is 0 Å². The summed E-state index contributed by atoms with van der Waals surface area (Å²) in [5, 5.41) is 2.92. The molecule has 0 aliphatic rings. The van der Waals surface area contributed by atoms with E-state index in [1.807, 2.05) is 49.4 Å². The highest BCUT2D eigenvalue weighted by Gasteiger charge is 2.09.